The van der Waals surface area contributed by atoms with E-state index in [-0.39, 0.29) is 6.10 Å². The van der Waals surface area contributed by atoms with E-state index in [1.54, 1.807) is 0 Å². The van der Waals surface area contributed by atoms with Crippen LogP contribution in [-0.2, 0) is 4.74 Å². The Labute approximate surface area is 92.0 Å². The summed E-state index contributed by atoms with van der Waals surface area (Å²) in [7, 11) is 0. The highest BCUT2D eigenvalue weighted by atomic mass is 16.5. The summed E-state index contributed by atoms with van der Waals surface area (Å²) in [4.78, 5) is 0. The molecule has 1 N–H and O–H groups in total. The Bertz CT molecular complexity index is 223. The van der Waals surface area contributed by atoms with Gasteiger partial charge < -0.3 is 9.84 Å². The van der Waals surface area contributed by atoms with Crippen LogP contribution in [-0.4, -0.2) is 24.4 Å². The van der Waals surface area contributed by atoms with Crippen molar-refractivity contribution < 1.29 is 9.84 Å². The zero-order valence-corrected chi connectivity index (χ0v) is 9.40. The number of hydrogen-bond donors (Lipinski definition) is 1. The largest absolute Gasteiger partial charge is 0.393 e. The Morgan fingerprint density at radius 2 is 1.80 bits per heavy atom. The third-order valence-corrected chi connectivity index (χ3v) is 4.98. The molecule has 2 bridgehead atoms. The van der Waals surface area contributed by atoms with Crippen molar-refractivity contribution in [3.05, 3.63) is 0 Å². The fourth-order valence-corrected chi connectivity index (χ4v) is 4.12. The van der Waals surface area contributed by atoms with Gasteiger partial charge in [-0.05, 0) is 55.8 Å². The van der Waals surface area contributed by atoms with Crippen LogP contribution in [0.15, 0.2) is 0 Å². The Balaban J connectivity index is 1.61. The second kappa shape index (κ2) is 4.06. The fraction of sp³-hybridized carbons (Fsp3) is 1.00. The summed E-state index contributed by atoms with van der Waals surface area (Å²) in [5.74, 6) is 2.97. The topological polar surface area (TPSA) is 29.5 Å². The monoisotopic (exact) mass is 210 g/mol. The number of fused-ring (bicyclic) bond motifs is 2. The molecule has 3 fully saturated rings. The SMILES string of the molecule is OC(C1CCOCC1)C1CC2CCC1C2. The molecule has 4 atom stereocenters. The van der Waals surface area contributed by atoms with E-state index in [0.29, 0.717) is 11.8 Å². The summed E-state index contributed by atoms with van der Waals surface area (Å²) in [6, 6.07) is 0. The molecule has 3 rings (SSSR count). The summed E-state index contributed by atoms with van der Waals surface area (Å²) < 4.78 is 5.36. The standard InChI is InChI=1S/C13H22O2/c14-13(10-3-5-15-6-4-10)12-8-9-1-2-11(12)7-9/h9-14H,1-8H2. The highest BCUT2D eigenvalue weighted by Gasteiger charge is 2.44. The maximum atomic E-state index is 10.4. The molecule has 0 aromatic rings. The van der Waals surface area contributed by atoms with Crippen molar-refractivity contribution in [1.82, 2.24) is 0 Å². The third-order valence-electron chi connectivity index (χ3n) is 4.98. The first-order valence-electron chi connectivity index (χ1n) is 6.60. The Morgan fingerprint density at radius 3 is 2.40 bits per heavy atom. The molecule has 2 aliphatic carbocycles. The van der Waals surface area contributed by atoms with E-state index in [9.17, 15) is 5.11 Å². The zero-order valence-electron chi connectivity index (χ0n) is 9.40. The lowest BCUT2D eigenvalue weighted by molar-refractivity contribution is -0.0294. The van der Waals surface area contributed by atoms with Crippen LogP contribution in [0.25, 0.3) is 0 Å². The molecule has 1 heterocycles. The van der Waals surface area contributed by atoms with Crippen LogP contribution in [0, 0.1) is 23.7 Å². The molecule has 4 unspecified atom stereocenters. The first-order chi connectivity index (χ1) is 7.34. The lowest BCUT2D eigenvalue weighted by Crippen LogP contribution is -2.35. The van der Waals surface area contributed by atoms with Crippen molar-refractivity contribution in [3.8, 4) is 0 Å². The van der Waals surface area contributed by atoms with Gasteiger partial charge in [-0.25, -0.2) is 0 Å². The Hall–Kier alpha value is -0.0800. The second-order valence-corrected chi connectivity index (χ2v) is 5.78. The molecular weight excluding hydrogens is 188 g/mol. The predicted octanol–water partition coefficient (Wildman–Crippen LogP) is 2.21. The number of rotatable bonds is 2. The van der Waals surface area contributed by atoms with Gasteiger partial charge in [-0.3, -0.25) is 0 Å². The number of ether oxygens (including phenoxy) is 1. The van der Waals surface area contributed by atoms with Gasteiger partial charge in [-0.1, -0.05) is 6.42 Å². The molecule has 2 saturated carbocycles. The minimum Gasteiger partial charge on any atom is -0.393 e. The van der Waals surface area contributed by atoms with Crippen LogP contribution in [0.2, 0.25) is 0 Å². The van der Waals surface area contributed by atoms with Crippen molar-refractivity contribution in [3.63, 3.8) is 0 Å². The molecule has 2 nitrogen and oxygen atoms in total. The Morgan fingerprint density at radius 1 is 1.00 bits per heavy atom. The summed E-state index contributed by atoms with van der Waals surface area (Å²) in [6.07, 6.45) is 7.67. The van der Waals surface area contributed by atoms with Crippen molar-refractivity contribution in [2.24, 2.45) is 23.7 Å². The zero-order chi connectivity index (χ0) is 10.3. The van der Waals surface area contributed by atoms with Gasteiger partial charge in [0.25, 0.3) is 0 Å². The smallest absolute Gasteiger partial charge is 0.0600 e. The quantitative estimate of drug-likeness (QED) is 0.757. The number of aliphatic hydroxyl groups is 1. The van der Waals surface area contributed by atoms with Gasteiger partial charge in [0.2, 0.25) is 0 Å². The first kappa shape index (κ1) is 10.1. The molecule has 86 valence electrons. The summed E-state index contributed by atoms with van der Waals surface area (Å²) in [5, 5.41) is 10.4. The van der Waals surface area contributed by atoms with Gasteiger partial charge in [0.1, 0.15) is 0 Å². The van der Waals surface area contributed by atoms with Crippen LogP contribution in [0.1, 0.15) is 38.5 Å². The number of hydrogen-bond acceptors (Lipinski definition) is 2. The molecule has 0 aromatic heterocycles. The molecule has 2 heteroatoms. The molecule has 1 aliphatic heterocycles. The van der Waals surface area contributed by atoms with Gasteiger partial charge in [0.15, 0.2) is 0 Å². The highest BCUT2D eigenvalue weighted by molar-refractivity contribution is 4.94. The highest BCUT2D eigenvalue weighted by Crippen LogP contribution is 2.51. The third kappa shape index (κ3) is 1.83. The molecule has 0 amide bonds. The second-order valence-electron chi connectivity index (χ2n) is 5.78. The number of aliphatic hydroxyl groups excluding tert-OH is 1. The molecule has 0 radical (unpaired) electrons. The van der Waals surface area contributed by atoms with E-state index in [1.807, 2.05) is 0 Å². The average Bonchev–Trinajstić information content (AvgIpc) is 2.91. The van der Waals surface area contributed by atoms with E-state index < -0.39 is 0 Å². The van der Waals surface area contributed by atoms with Gasteiger partial charge in [0, 0.05) is 13.2 Å². The van der Waals surface area contributed by atoms with Crippen LogP contribution in [0.3, 0.4) is 0 Å². The molecule has 0 aromatic carbocycles. The van der Waals surface area contributed by atoms with Crippen LogP contribution in [0.5, 0.6) is 0 Å². The van der Waals surface area contributed by atoms with Gasteiger partial charge in [-0.2, -0.15) is 0 Å². The van der Waals surface area contributed by atoms with E-state index in [1.165, 1.54) is 25.7 Å². The molecule has 3 aliphatic rings. The average molecular weight is 210 g/mol. The molecule has 15 heavy (non-hydrogen) atoms. The summed E-state index contributed by atoms with van der Waals surface area (Å²) in [6.45, 7) is 1.73. The van der Waals surface area contributed by atoms with Gasteiger partial charge in [0.05, 0.1) is 6.10 Å². The van der Waals surface area contributed by atoms with E-state index >= 15 is 0 Å². The normalized spacial score (nSPS) is 43.4. The summed E-state index contributed by atoms with van der Waals surface area (Å²) in [5.41, 5.74) is 0. The molecule has 1 saturated heterocycles. The van der Waals surface area contributed by atoms with Crippen molar-refractivity contribution in [2.45, 2.75) is 44.6 Å². The predicted molar refractivity (Wildman–Crippen MR) is 58.5 cm³/mol. The molecule has 0 spiro atoms. The van der Waals surface area contributed by atoms with Gasteiger partial charge >= 0.3 is 0 Å². The van der Waals surface area contributed by atoms with Crippen molar-refractivity contribution in [2.75, 3.05) is 13.2 Å². The van der Waals surface area contributed by atoms with Crippen LogP contribution >= 0.6 is 0 Å². The van der Waals surface area contributed by atoms with E-state index in [0.717, 1.165) is 37.9 Å². The van der Waals surface area contributed by atoms with Gasteiger partial charge in [-0.15, -0.1) is 0 Å². The lowest BCUT2D eigenvalue weighted by atomic mass is 9.77. The first-order valence-corrected chi connectivity index (χ1v) is 6.60. The van der Waals surface area contributed by atoms with Crippen molar-refractivity contribution in [1.29, 1.82) is 0 Å². The fourth-order valence-electron chi connectivity index (χ4n) is 4.12. The minimum atomic E-state index is -0.0239. The van der Waals surface area contributed by atoms with E-state index in [2.05, 4.69) is 0 Å². The Kier molecular flexibility index (Phi) is 2.73. The van der Waals surface area contributed by atoms with E-state index in [4.69, 9.17) is 4.74 Å². The molecular formula is C13H22O2. The maximum Gasteiger partial charge on any atom is 0.0600 e. The van der Waals surface area contributed by atoms with Crippen LogP contribution in [0.4, 0.5) is 0 Å². The lowest BCUT2D eigenvalue weighted by Gasteiger charge is -2.34. The van der Waals surface area contributed by atoms with Crippen LogP contribution < -0.4 is 0 Å². The minimum absolute atomic E-state index is 0.0239. The maximum absolute atomic E-state index is 10.4. The van der Waals surface area contributed by atoms with Crippen molar-refractivity contribution >= 4 is 0 Å². The summed E-state index contributed by atoms with van der Waals surface area (Å²) >= 11 is 0.